The molecule has 0 amide bonds. The fourth-order valence-corrected chi connectivity index (χ4v) is 6.65. The van der Waals surface area contributed by atoms with Crippen molar-refractivity contribution in [2.75, 3.05) is 32.8 Å². The van der Waals surface area contributed by atoms with Crippen molar-refractivity contribution in [3.05, 3.63) is 76.0 Å². The maximum Gasteiger partial charge on any atom is 0.277 e. The fourth-order valence-electron chi connectivity index (χ4n) is 5.20. The standard InChI is InChI=1S/C32H44N6O4S/c1-6-10-12-17-29-33-24(5)30-32(39)34-31(35-38(29)30)27-22-26(18-19-28(27)42-9-4)43(40,41)37(21-20-36(7-2)8-3)23-25-15-13-11-14-16-25/h11,13-16,18-19,22H,6-10,12,17,20-21,23H2,1-5H3,(H,34,35,39). The van der Waals surface area contributed by atoms with Crippen molar-refractivity contribution >= 4 is 15.5 Å². The molecule has 0 aliphatic carbocycles. The number of benzene rings is 2. The Morgan fingerprint density at radius 1 is 0.977 bits per heavy atom. The van der Waals surface area contributed by atoms with Crippen LogP contribution in [0.15, 0.2) is 58.2 Å². The first-order chi connectivity index (χ1) is 20.7. The van der Waals surface area contributed by atoms with Gasteiger partial charge in [-0.1, -0.05) is 63.9 Å². The molecule has 4 aromatic rings. The molecule has 4 rings (SSSR count). The van der Waals surface area contributed by atoms with Crippen LogP contribution in [0.25, 0.3) is 16.9 Å². The molecule has 11 heteroatoms. The average molecular weight is 609 g/mol. The highest BCUT2D eigenvalue weighted by atomic mass is 32.2. The highest BCUT2D eigenvalue weighted by molar-refractivity contribution is 7.89. The summed E-state index contributed by atoms with van der Waals surface area (Å²) >= 11 is 0. The Morgan fingerprint density at radius 2 is 1.72 bits per heavy atom. The third-order valence-corrected chi connectivity index (χ3v) is 9.49. The Morgan fingerprint density at radius 3 is 2.40 bits per heavy atom. The fraction of sp³-hybridized carbons (Fsp3) is 0.469. The van der Waals surface area contributed by atoms with E-state index in [1.54, 1.807) is 29.6 Å². The zero-order chi connectivity index (χ0) is 31.0. The predicted octanol–water partition coefficient (Wildman–Crippen LogP) is 5.06. The summed E-state index contributed by atoms with van der Waals surface area (Å²) in [5.41, 5.74) is 1.97. The van der Waals surface area contributed by atoms with Crippen molar-refractivity contribution in [3.63, 3.8) is 0 Å². The zero-order valence-electron chi connectivity index (χ0n) is 26.0. The number of nitrogens with one attached hydrogen (secondary N) is 1. The summed E-state index contributed by atoms with van der Waals surface area (Å²) in [7, 11) is -3.93. The molecule has 10 nitrogen and oxygen atoms in total. The zero-order valence-corrected chi connectivity index (χ0v) is 26.8. The maximum absolute atomic E-state index is 14.2. The average Bonchev–Trinajstić information content (AvgIpc) is 3.33. The van der Waals surface area contributed by atoms with E-state index in [9.17, 15) is 13.2 Å². The lowest BCUT2D eigenvalue weighted by Crippen LogP contribution is -2.38. The van der Waals surface area contributed by atoms with Gasteiger partial charge in [0.25, 0.3) is 5.56 Å². The number of hydrogen-bond acceptors (Lipinski definition) is 7. The molecule has 0 atom stereocenters. The number of sulfonamides is 1. The van der Waals surface area contributed by atoms with Crippen molar-refractivity contribution in [2.45, 2.75) is 71.7 Å². The van der Waals surface area contributed by atoms with Crippen LogP contribution in [0, 0.1) is 6.92 Å². The van der Waals surface area contributed by atoms with E-state index in [1.165, 1.54) is 4.31 Å². The molecular weight excluding hydrogens is 564 g/mol. The minimum absolute atomic E-state index is 0.106. The van der Waals surface area contributed by atoms with Gasteiger partial charge in [-0.15, -0.1) is 5.10 Å². The number of H-pyrrole nitrogens is 1. The van der Waals surface area contributed by atoms with Crippen molar-refractivity contribution in [2.24, 2.45) is 0 Å². The minimum Gasteiger partial charge on any atom is -0.493 e. The summed E-state index contributed by atoms with van der Waals surface area (Å²) in [6.07, 6.45) is 3.73. The van der Waals surface area contributed by atoms with Gasteiger partial charge in [0.05, 0.1) is 22.8 Å². The molecular formula is C32H44N6O4S. The number of imidazole rings is 1. The Labute approximate surface area is 254 Å². The Hall–Kier alpha value is -3.54. The van der Waals surface area contributed by atoms with E-state index in [-0.39, 0.29) is 22.8 Å². The van der Waals surface area contributed by atoms with Crippen molar-refractivity contribution in [1.29, 1.82) is 0 Å². The number of rotatable bonds is 16. The van der Waals surface area contributed by atoms with Gasteiger partial charge in [-0.2, -0.15) is 4.31 Å². The van der Waals surface area contributed by atoms with Gasteiger partial charge in [-0.3, -0.25) is 4.79 Å². The van der Waals surface area contributed by atoms with Crippen molar-refractivity contribution in [3.8, 4) is 17.1 Å². The summed E-state index contributed by atoms with van der Waals surface area (Å²) in [4.78, 5) is 23.1. The molecule has 232 valence electrons. The molecule has 0 radical (unpaired) electrons. The van der Waals surface area contributed by atoms with Gasteiger partial charge in [0, 0.05) is 26.1 Å². The molecule has 0 fully saturated rings. The summed E-state index contributed by atoms with van der Waals surface area (Å²) in [5, 5.41) is 4.77. The first-order valence-electron chi connectivity index (χ1n) is 15.3. The van der Waals surface area contributed by atoms with Gasteiger partial charge in [0.1, 0.15) is 11.6 Å². The number of nitrogens with zero attached hydrogens (tertiary/aromatic N) is 5. The van der Waals surface area contributed by atoms with Gasteiger partial charge in [0.2, 0.25) is 10.0 Å². The monoisotopic (exact) mass is 608 g/mol. The molecule has 2 aromatic carbocycles. The highest BCUT2D eigenvalue weighted by Gasteiger charge is 2.27. The van der Waals surface area contributed by atoms with E-state index >= 15 is 0 Å². The molecule has 2 heterocycles. The van der Waals surface area contributed by atoms with E-state index in [1.807, 2.05) is 37.3 Å². The first kappa shape index (κ1) is 32.4. The molecule has 0 saturated heterocycles. The van der Waals surface area contributed by atoms with Crippen molar-refractivity contribution < 1.29 is 13.2 Å². The molecule has 0 spiro atoms. The van der Waals surface area contributed by atoms with Crippen LogP contribution in [-0.4, -0.2) is 70.0 Å². The number of likely N-dealkylation sites (N-methyl/N-ethyl adjacent to an activating group) is 1. The molecule has 43 heavy (non-hydrogen) atoms. The molecule has 0 unspecified atom stereocenters. The lowest BCUT2D eigenvalue weighted by Gasteiger charge is -2.26. The topological polar surface area (TPSA) is 113 Å². The number of unbranched alkanes of at least 4 members (excludes halogenated alkanes) is 2. The first-order valence-corrected chi connectivity index (χ1v) is 16.7. The summed E-state index contributed by atoms with van der Waals surface area (Å²) in [6.45, 7) is 13.1. The number of ether oxygens (including phenoxy) is 1. The lowest BCUT2D eigenvalue weighted by atomic mass is 10.2. The summed E-state index contributed by atoms with van der Waals surface area (Å²) in [5.74, 6) is 1.37. The van der Waals surface area contributed by atoms with Crippen molar-refractivity contribution in [1.82, 2.24) is 28.8 Å². The van der Waals surface area contributed by atoms with Gasteiger partial charge >= 0.3 is 0 Å². The van der Waals surface area contributed by atoms with E-state index in [0.717, 1.165) is 37.9 Å². The second-order valence-electron chi connectivity index (χ2n) is 10.6. The van der Waals surface area contributed by atoms with Crippen LogP contribution in [-0.2, 0) is 23.0 Å². The highest BCUT2D eigenvalue weighted by Crippen LogP contribution is 2.32. The summed E-state index contributed by atoms with van der Waals surface area (Å²) in [6, 6.07) is 14.4. The van der Waals surface area contributed by atoms with Crippen LogP contribution in [0.1, 0.15) is 64.0 Å². The second-order valence-corrected chi connectivity index (χ2v) is 12.5. The molecule has 2 aromatic heterocycles. The van der Waals surface area contributed by atoms with Crippen LogP contribution in [0.5, 0.6) is 5.75 Å². The summed E-state index contributed by atoms with van der Waals surface area (Å²) < 4.78 is 37.4. The third-order valence-electron chi connectivity index (χ3n) is 7.65. The Bertz CT molecular complexity index is 1660. The third kappa shape index (κ3) is 7.52. The largest absolute Gasteiger partial charge is 0.493 e. The molecule has 0 aliphatic heterocycles. The SMILES string of the molecule is CCCCCc1nc(C)c2c(=O)[nH]c(-c3cc(S(=O)(=O)N(CCN(CC)CC)Cc4ccccc4)ccc3OCC)nn12. The molecule has 0 bridgehead atoms. The number of hydrogen-bond donors (Lipinski definition) is 1. The molecule has 0 aliphatic rings. The second kappa shape index (κ2) is 14.8. The molecule has 0 saturated carbocycles. The molecule has 1 N–H and O–H groups in total. The van der Waals surface area contributed by atoms with E-state index < -0.39 is 10.0 Å². The lowest BCUT2D eigenvalue weighted by molar-refractivity contribution is 0.268. The van der Waals surface area contributed by atoms with Gasteiger partial charge in [-0.25, -0.2) is 17.9 Å². The van der Waals surface area contributed by atoms with Crippen LogP contribution in [0.2, 0.25) is 0 Å². The maximum atomic E-state index is 14.2. The van der Waals surface area contributed by atoms with Crippen LogP contribution in [0.4, 0.5) is 0 Å². The number of aryl methyl sites for hydroxylation is 2. The predicted molar refractivity (Wildman–Crippen MR) is 170 cm³/mol. The van der Waals surface area contributed by atoms with Crippen LogP contribution >= 0.6 is 0 Å². The van der Waals surface area contributed by atoms with E-state index in [2.05, 4.69) is 35.6 Å². The quantitative estimate of drug-likeness (QED) is 0.177. The van der Waals surface area contributed by atoms with E-state index in [4.69, 9.17) is 9.84 Å². The normalized spacial score (nSPS) is 12.1. The van der Waals surface area contributed by atoms with Gasteiger partial charge in [-0.05, 0) is 57.1 Å². The van der Waals surface area contributed by atoms with Gasteiger partial charge in [0.15, 0.2) is 11.3 Å². The van der Waals surface area contributed by atoms with E-state index in [0.29, 0.717) is 54.5 Å². The van der Waals surface area contributed by atoms with Crippen LogP contribution < -0.4 is 10.3 Å². The number of aromatic nitrogens is 4. The Kier molecular flexibility index (Phi) is 11.1. The minimum atomic E-state index is -3.93. The van der Waals surface area contributed by atoms with Gasteiger partial charge < -0.3 is 14.6 Å². The Balaban J connectivity index is 1.80. The number of fused-ring (bicyclic) bond motifs is 1. The smallest absolute Gasteiger partial charge is 0.277 e. The number of aromatic amines is 1. The van der Waals surface area contributed by atoms with Crippen LogP contribution in [0.3, 0.4) is 0 Å².